The summed E-state index contributed by atoms with van der Waals surface area (Å²) in [5.74, 6) is 0. The van der Waals surface area contributed by atoms with Crippen LogP contribution in [0.3, 0.4) is 0 Å². The van der Waals surface area contributed by atoms with E-state index in [9.17, 15) is 0 Å². The first-order chi connectivity index (χ1) is 6.20. The van der Waals surface area contributed by atoms with E-state index in [1.165, 1.54) is 0 Å². The Hall–Kier alpha value is -0.580. The standard InChI is InChI=1S/C9H8BrNOS/c10-8-3-6(11)1-5-2-7(4-12)13-9(5)8/h1-3,12H,4,11H2. The molecule has 2 rings (SSSR count). The van der Waals surface area contributed by atoms with E-state index in [4.69, 9.17) is 10.8 Å². The van der Waals surface area contributed by atoms with Gasteiger partial charge < -0.3 is 10.8 Å². The minimum Gasteiger partial charge on any atom is -0.399 e. The van der Waals surface area contributed by atoms with Crippen LogP contribution in [-0.4, -0.2) is 5.11 Å². The van der Waals surface area contributed by atoms with Crippen LogP contribution in [-0.2, 0) is 6.61 Å². The van der Waals surface area contributed by atoms with Gasteiger partial charge in [-0.1, -0.05) is 0 Å². The van der Waals surface area contributed by atoms with Crippen LogP contribution in [0.15, 0.2) is 22.7 Å². The summed E-state index contributed by atoms with van der Waals surface area (Å²) < 4.78 is 2.13. The van der Waals surface area contributed by atoms with Crippen molar-refractivity contribution in [1.29, 1.82) is 0 Å². The Morgan fingerprint density at radius 2 is 2.15 bits per heavy atom. The lowest BCUT2D eigenvalue weighted by molar-refractivity contribution is 0.285. The molecular weight excluding hydrogens is 250 g/mol. The summed E-state index contributed by atoms with van der Waals surface area (Å²) in [6, 6.07) is 5.75. The maximum atomic E-state index is 8.96. The van der Waals surface area contributed by atoms with Gasteiger partial charge in [0.15, 0.2) is 0 Å². The summed E-state index contributed by atoms with van der Waals surface area (Å²) in [5, 5.41) is 10.0. The lowest BCUT2D eigenvalue weighted by Gasteiger charge is -1.95. The molecule has 2 aromatic rings. The van der Waals surface area contributed by atoms with Gasteiger partial charge in [-0.15, -0.1) is 11.3 Å². The maximum Gasteiger partial charge on any atom is 0.0774 e. The van der Waals surface area contributed by atoms with E-state index in [-0.39, 0.29) is 6.61 Å². The Balaban J connectivity index is 2.75. The van der Waals surface area contributed by atoms with Gasteiger partial charge in [0.1, 0.15) is 0 Å². The number of halogens is 1. The highest BCUT2D eigenvalue weighted by atomic mass is 79.9. The second kappa shape index (κ2) is 3.29. The van der Waals surface area contributed by atoms with E-state index in [0.717, 1.165) is 25.1 Å². The van der Waals surface area contributed by atoms with Gasteiger partial charge in [-0.2, -0.15) is 0 Å². The normalized spacial score (nSPS) is 10.9. The van der Waals surface area contributed by atoms with Crippen molar-refractivity contribution in [3.05, 3.63) is 27.5 Å². The third-order valence-electron chi connectivity index (χ3n) is 1.80. The van der Waals surface area contributed by atoms with Crippen molar-refractivity contribution in [1.82, 2.24) is 0 Å². The quantitative estimate of drug-likeness (QED) is 0.772. The molecule has 0 saturated carbocycles. The third-order valence-corrected chi connectivity index (χ3v) is 3.86. The molecule has 0 aliphatic heterocycles. The van der Waals surface area contributed by atoms with Crippen LogP contribution >= 0.6 is 27.3 Å². The summed E-state index contributed by atoms with van der Waals surface area (Å²) in [7, 11) is 0. The predicted molar refractivity (Wildman–Crippen MR) is 59.9 cm³/mol. The molecule has 0 amide bonds. The molecule has 1 heterocycles. The highest BCUT2D eigenvalue weighted by Crippen LogP contribution is 2.33. The molecule has 3 N–H and O–H groups in total. The minimum absolute atomic E-state index is 0.0890. The molecule has 1 aromatic heterocycles. The molecular formula is C9H8BrNOS. The zero-order chi connectivity index (χ0) is 9.42. The Bertz CT molecular complexity index is 452. The average molecular weight is 258 g/mol. The number of thiophene rings is 1. The molecule has 68 valence electrons. The molecule has 0 atom stereocenters. The third kappa shape index (κ3) is 1.57. The maximum absolute atomic E-state index is 8.96. The molecule has 0 aliphatic rings. The topological polar surface area (TPSA) is 46.2 Å². The van der Waals surface area contributed by atoms with E-state index in [1.807, 2.05) is 18.2 Å². The summed E-state index contributed by atoms with van der Waals surface area (Å²) in [5.41, 5.74) is 6.43. The van der Waals surface area contributed by atoms with Gasteiger partial charge in [0, 0.05) is 19.7 Å². The monoisotopic (exact) mass is 257 g/mol. The fourth-order valence-electron chi connectivity index (χ4n) is 1.26. The highest BCUT2D eigenvalue weighted by molar-refractivity contribution is 9.10. The van der Waals surface area contributed by atoms with Crippen LogP contribution in [0.4, 0.5) is 5.69 Å². The molecule has 4 heteroatoms. The first kappa shape index (κ1) is 8.99. The number of aliphatic hydroxyl groups excluding tert-OH is 1. The lowest BCUT2D eigenvalue weighted by atomic mass is 10.2. The predicted octanol–water partition coefficient (Wildman–Crippen LogP) is 2.74. The van der Waals surface area contributed by atoms with Crippen molar-refractivity contribution < 1.29 is 5.11 Å². The Kier molecular flexibility index (Phi) is 2.27. The van der Waals surface area contributed by atoms with Crippen molar-refractivity contribution in [2.45, 2.75) is 6.61 Å². The van der Waals surface area contributed by atoms with Crippen molar-refractivity contribution in [2.24, 2.45) is 0 Å². The van der Waals surface area contributed by atoms with Gasteiger partial charge in [-0.05, 0) is 39.5 Å². The molecule has 13 heavy (non-hydrogen) atoms. The molecule has 0 unspecified atom stereocenters. The van der Waals surface area contributed by atoms with Crippen LogP contribution in [0.5, 0.6) is 0 Å². The van der Waals surface area contributed by atoms with Crippen molar-refractivity contribution in [2.75, 3.05) is 5.73 Å². The summed E-state index contributed by atoms with van der Waals surface area (Å²) in [6.07, 6.45) is 0. The average Bonchev–Trinajstić information content (AvgIpc) is 2.47. The molecule has 0 saturated heterocycles. The molecule has 0 radical (unpaired) electrons. The van der Waals surface area contributed by atoms with E-state index >= 15 is 0 Å². The van der Waals surface area contributed by atoms with Crippen LogP contribution in [0.2, 0.25) is 0 Å². The van der Waals surface area contributed by atoms with Crippen molar-refractivity contribution in [3.8, 4) is 0 Å². The SMILES string of the molecule is Nc1cc(Br)c2sc(CO)cc2c1. The van der Waals surface area contributed by atoms with Gasteiger partial charge in [0.05, 0.1) is 6.61 Å². The number of hydrogen-bond donors (Lipinski definition) is 2. The smallest absolute Gasteiger partial charge is 0.0774 e. The Labute approximate surface area is 88.1 Å². The molecule has 1 aromatic carbocycles. The lowest BCUT2D eigenvalue weighted by Crippen LogP contribution is -1.82. The number of hydrogen-bond acceptors (Lipinski definition) is 3. The fourth-order valence-corrected chi connectivity index (χ4v) is 2.90. The van der Waals surface area contributed by atoms with Crippen LogP contribution < -0.4 is 5.73 Å². The van der Waals surface area contributed by atoms with E-state index < -0.39 is 0 Å². The first-order valence-corrected chi connectivity index (χ1v) is 5.40. The van der Waals surface area contributed by atoms with E-state index in [0.29, 0.717) is 0 Å². The Morgan fingerprint density at radius 3 is 2.85 bits per heavy atom. The highest BCUT2D eigenvalue weighted by Gasteiger charge is 2.05. The molecule has 0 fully saturated rings. The van der Waals surface area contributed by atoms with Gasteiger partial charge in [-0.3, -0.25) is 0 Å². The van der Waals surface area contributed by atoms with Crippen LogP contribution in [0.25, 0.3) is 10.1 Å². The minimum atomic E-state index is 0.0890. The Morgan fingerprint density at radius 1 is 1.38 bits per heavy atom. The van der Waals surface area contributed by atoms with Crippen LogP contribution in [0, 0.1) is 0 Å². The second-order valence-electron chi connectivity index (χ2n) is 2.79. The zero-order valence-electron chi connectivity index (χ0n) is 6.75. The van der Waals surface area contributed by atoms with Gasteiger partial charge >= 0.3 is 0 Å². The number of aliphatic hydroxyl groups is 1. The van der Waals surface area contributed by atoms with Crippen molar-refractivity contribution in [3.63, 3.8) is 0 Å². The van der Waals surface area contributed by atoms with Gasteiger partial charge in [-0.25, -0.2) is 0 Å². The summed E-state index contributed by atoms with van der Waals surface area (Å²) in [4.78, 5) is 0.960. The van der Waals surface area contributed by atoms with Crippen LogP contribution in [0.1, 0.15) is 4.88 Å². The molecule has 0 aliphatic carbocycles. The molecule has 2 nitrogen and oxygen atoms in total. The zero-order valence-corrected chi connectivity index (χ0v) is 9.15. The number of benzene rings is 1. The van der Waals surface area contributed by atoms with Crippen molar-refractivity contribution >= 4 is 43.0 Å². The molecule has 0 bridgehead atoms. The van der Waals surface area contributed by atoms with E-state index in [2.05, 4.69) is 15.9 Å². The second-order valence-corrected chi connectivity index (χ2v) is 4.78. The number of nitrogens with two attached hydrogens (primary N) is 1. The number of rotatable bonds is 1. The summed E-state index contributed by atoms with van der Waals surface area (Å²) >= 11 is 5.02. The van der Waals surface area contributed by atoms with Gasteiger partial charge in [0.25, 0.3) is 0 Å². The number of nitrogen functional groups attached to an aromatic ring is 1. The first-order valence-electron chi connectivity index (χ1n) is 3.79. The van der Waals surface area contributed by atoms with Gasteiger partial charge in [0.2, 0.25) is 0 Å². The number of fused-ring (bicyclic) bond motifs is 1. The summed E-state index contributed by atoms with van der Waals surface area (Å²) in [6.45, 7) is 0.0890. The molecule has 0 spiro atoms. The number of anilines is 1. The fraction of sp³-hybridized carbons (Fsp3) is 0.111. The van der Waals surface area contributed by atoms with E-state index in [1.54, 1.807) is 11.3 Å². The largest absolute Gasteiger partial charge is 0.399 e.